The van der Waals surface area contributed by atoms with Crippen LogP contribution in [-0.2, 0) is 22.7 Å². The summed E-state index contributed by atoms with van der Waals surface area (Å²) in [7, 11) is 0. The van der Waals surface area contributed by atoms with Gasteiger partial charge in [-0.25, -0.2) is 9.40 Å². The first-order chi connectivity index (χ1) is 13.4. The van der Waals surface area contributed by atoms with Crippen LogP contribution in [0.5, 0.6) is 0 Å². The molecule has 0 bridgehead atoms. The number of pyridine rings is 1. The zero-order valence-electron chi connectivity index (χ0n) is 16.0. The minimum atomic E-state index is -0.337. The van der Waals surface area contributed by atoms with Crippen LogP contribution in [0.25, 0.3) is 0 Å². The maximum atomic E-state index is 13.1. The lowest BCUT2D eigenvalue weighted by Crippen LogP contribution is -2.44. The number of hydrogen-bond acceptors (Lipinski definition) is 4. The molecule has 0 radical (unpaired) electrons. The minimum absolute atomic E-state index is 0.0291. The van der Waals surface area contributed by atoms with Crippen molar-refractivity contribution < 1.29 is 14.0 Å². The van der Waals surface area contributed by atoms with Crippen LogP contribution < -0.4 is 0 Å². The highest BCUT2D eigenvalue weighted by Gasteiger charge is 2.28. The van der Waals surface area contributed by atoms with Gasteiger partial charge in [0.1, 0.15) is 11.5 Å². The van der Waals surface area contributed by atoms with Crippen molar-refractivity contribution in [1.29, 1.82) is 0 Å². The summed E-state index contributed by atoms with van der Waals surface area (Å²) >= 11 is 0. The maximum absolute atomic E-state index is 13.1. The quantitative estimate of drug-likeness (QED) is 0.771. The second-order valence-corrected chi connectivity index (χ2v) is 7.01. The van der Waals surface area contributed by atoms with Gasteiger partial charge in [-0.2, -0.15) is 5.10 Å². The van der Waals surface area contributed by atoms with E-state index in [1.165, 1.54) is 17.1 Å². The Bertz CT molecular complexity index is 866. The lowest BCUT2D eigenvalue weighted by Gasteiger charge is -2.30. The Labute approximate surface area is 163 Å². The van der Waals surface area contributed by atoms with Crippen molar-refractivity contribution in [3.63, 3.8) is 0 Å². The van der Waals surface area contributed by atoms with E-state index < -0.39 is 0 Å². The van der Waals surface area contributed by atoms with Crippen molar-refractivity contribution in [3.05, 3.63) is 65.7 Å². The highest BCUT2D eigenvalue weighted by molar-refractivity contribution is 6.39. The molecule has 3 rings (SSSR count). The van der Waals surface area contributed by atoms with E-state index in [1.807, 2.05) is 26.0 Å². The van der Waals surface area contributed by atoms with Gasteiger partial charge in [0, 0.05) is 37.8 Å². The zero-order valence-corrected chi connectivity index (χ0v) is 16.0. The van der Waals surface area contributed by atoms with Crippen molar-refractivity contribution >= 4 is 17.5 Å². The van der Waals surface area contributed by atoms with Crippen LogP contribution in [-0.4, -0.2) is 38.5 Å². The van der Waals surface area contributed by atoms with E-state index in [0.29, 0.717) is 18.7 Å². The SMILES string of the molecule is CC(C)N(Cc1cccnc1)C(=O)C1=NN(Cc2ccc(F)cc2)C(=O)CC1. The fraction of sp³-hybridized carbons (Fsp3) is 0.333. The molecule has 0 atom stereocenters. The van der Waals surface area contributed by atoms with Crippen LogP contribution in [0.15, 0.2) is 53.9 Å². The van der Waals surface area contributed by atoms with Gasteiger partial charge in [0.05, 0.1) is 6.54 Å². The van der Waals surface area contributed by atoms with Crippen molar-refractivity contribution in [3.8, 4) is 0 Å². The maximum Gasteiger partial charge on any atom is 0.270 e. The molecule has 0 saturated carbocycles. The molecule has 1 aliphatic heterocycles. The van der Waals surface area contributed by atoms with Gasteiger partial charge in [-0.3, -0.25) is 14.6 Å². The summed E-state index contributed by atoms with van der Waals surface area (Å²) in [5.41, 5.74) is 2.04. The van der Waals surface area contributed by atoms with E-state index in [0.717, 1.165) is 11.1 Å². The summed E-state index contributed by atoms with van der Waals surface area (Å²) in [6.45, 7) is 4.52. The van der Waals surface area contributed by atoms with Gasteiger partial charge in [-0.05, 0) is 43.2 Å². The molecule has 0 fully saturated rings. The molecule has 0 saturated heterocycles. The third kappa shape index (κ3) is 4.79. The van der Waals surface area contributed by atoms with Crippen molar-refractivity contribution in [2.75, 3.05) is 0 Å². The predicted molar refractivity (Wildman–Crippen MR) is 104 cm³/mol. The minimum Gasteiger partial charge on any atom is -0.331 e. The van der Waals surface area contributed by atoms with Gasteiger partial charge in [0.25, 0.3) is 5.91 Å². The van der Waals surface area contributed by atoms with Crippen molar-refractivity contribution in [2.45, 2.75) is 45.8 Å². The molecule has 7 heteroatoms. The normalized spacial score (nSPS) is 14.2. The molecule has 28 heavy (non-hydrogen) atoms. The Morgan fingerprint density at radius 1 is 1.18 bits per heavy atom. The summed E-state index contributed by atoms with van der Waals surface area (Å²) in [6, 6.07) is 9.62. The zero-order chi connectivity index (χ0) is 20.1. The largest absolute Gasteiger partial charge is 0.331 e. The summed E-state index contributed by atoms with van der Waals surface area (Å²) in [6.07, 6.45) is 3.96. The number of hydrogen-bond donors (Lipinski definition) is 0. The van der Waals surface area contributed by atoms with Crippen molar-refractivity contribution in [1.82, 2.24) is 14.9 Å². The molecule has 2 aromatic rings. The van der Waals surface area contributed by atoms with Gasteiger partial charge in [-0.15, -0.1) is 0 Å². The number of hydrazone groups is 1. The molecular formula is C21H23FN4O2. The Morgan fingerprint density at radius 3 is 2.57 bits per heavy atom. The monoisotopic (exact) mass is 382 g/mol. The fourth-order valence-corrected chi connectivity index (χ4v) is 2.98. The summed E-state index contributed by atoms with van der Waals surface area (Å²) in [5.74, 6) is -0.671. The van der Waals surface area contributed by atoms with Gasteiger partial charge >= 0.3 is 0 Å². The van der Waals surface area contributed by atoms with Gasteiger partial charge < -0.3 is 4.90 Å². The Morgan fingerprint density at radius 2 is 1.93 bits per heavy atom. The predicted octanol–water partition coefficient (Wildman–Crippen LogP) is 3.14. The first-order valence-electron chi connectivity index (χ1n) is 9.26. The number of benzene rings is 1. The molecule has 0 unspecified atom stereocenters. The number of rotatable bonds is 6. The van der Waals surface area contributed by atoms with Crippen molar-refractivity contribution in [2.24, 2.45) is 5.10 Å². The van der Waals surface area contributed by atoms with E-state index >= 15 is 0 Å². The number of amides is 2. The fourth-order valence-electron chi connectivity index (χ4n) is 2.98. The molecule has 2 amide bonds. The standard InChI is InChI=1S/C21H23FN4O2/c1-15(2)25(13-17-4-3-11-23-12-17)21(28)19-9-10-20(27)26(24-19)14-16-5-7-18(22)8-6-16/h3-8,11-12,15H,9-10,13-14H2,1-2H3. The smallest absolute Gasteiger partial charge is 0.270 e. The average Bonchev–Trinajstić information content (AvgIpc) is 2.69. The second-order valence-electron chi connectivity index (χ2n) is 7.01. The van der Waals surface area contributed by atoms with E-state index in [9.17, 15) is 14.0 Å². The van der Waals surface area contributed by atoms with Crippen LogP contribution in [0.4, 0.5) is 4.39 Å². The Hall–Kier alpha value is -3.09. The van der Waals surface area contributed by atoms with Crippen LogP contribution in [0.3, 0.4) is 0 Å². The van der Waals surface area contributed by atoms with Gasteiger partial charge in [0.2, 0.25) is 5.91 Å². The number of aromatic nitrogens is 1. The molecular weight excluding hydrogens is 359 g/mol. The average molecular weight is 382 g/mol. The summed E-state index contributed by atoms with van der Waals surface area (Å²) < 4.78 is 13.1. The second kappa shape index (κ2) is 8.73. The molecule has 1 aliphatic rings. The molecule has 2 heterocycles. The Balaban J connectivity index is 1.78. The van der Waals surface area contributed by atoms with Crippen LogP contribution in [0.2, 0.25) is 0 Å². The lowest BCUT2D eigenvalue weighted by molar-refractivity contribution is -0.133. The van der Waals surface area contributed by atoms with E-state index in [2.05, 4.69) is 10.1 Å². The third-order valence-corrected chi connectivity index (χ3v) is 4.56. The molecule has 1 aromatic carbocycles. The van der Waals surface area contributed by atoms with Crippen LogP contribution in [0, 0.1) is 5.82 Å². The van der Waals surface area contributed by atoms with E-state index in [4.69, 9.17) is 0 Å². The molecule has 6 nitrogen and oxygen atoms in total. The number of carbonyl (C=O) groups is 2. The topological polar surface area (TPSA) is 65.9 Å². The number of carbonyl (C=O) groups excluding carboxylic acids is 2. The number of halogens is 1. The van der Waals surface area contributed by atoms with Crippen LogP contribution >= 0.6 is 0 Å². The van der Waals surface area contributed by atoms with E-state index in [1.54, 1.807) is 29.4 Å². The first kappa shape index (κ1) is 19.7. The molecule has 0 spiro atoms. The molecule has 0 N–H and O–H groups in total. The lowest BCUT2D eigenvalue weighted by atomic mass is 10.1. The highest BCUT2D eigenvalue weighted by Crippen LogP contribution is 2.17. The van der Waals surface area contributed by atoms with Gasteiger partial charge in [-0.1, -0.05) is 18.2 Å². The molecule has 0 aliphatic carbocycles. The number of nitrogens with zero attached hydrogens (tertiary/aromatic N) is 4. The third-order valence-electron chi connectivity index (χ3n) is 4.56. The summed E-state index contributed by atoms with van der Waals surface area (Å²) in [4.78, 5) is 31.1. The van der Waals surface area contributed by atoms with Crippen LogP contribution in [0.1, 0.15) is 37.8 Å². The highest BCUT2D eigenvalue weighted by atomic mass is 19.1. The first-order valence-corrected chi connectivity index (χ1v) is 9.26. The van der Waals surface area contributed by atoms with E-state index in [-0.39, 0.29) is 36.6 Å². The summed E-state index contributed by atoms with van der Waals surface area (Å²) in [5, 5.41) is 5.62. The molecule has 146 valence electrons. The van der Waals surface area contributed by atoms with Gasteiger partial charge in [0.15, 0.2) is 0 Å². The molecule has 1 aromatic heterocycles. The Kier molecular flexibility index (Phi) is 6.13.